The highest BCUT2D eigenvalue weighted by molar-refractivity contribution is 6.29. The average molecular weight is 371 g/mol. The molecule has 0 fully saturated rings. The largest absolute Gasteiger partial charge is 0.496 e. The van der Waals surface area contributed by atoms with E-state index in [0.717, 1.165) is 24.2 Å². The number of rotatable bonds is 7. The number of benzene rings is 2. The van der Waals surface area contributed by atoms with Gasteiger partial charge >= 0.3 is 0 Å². The Morgan fingerprint density at radius 2 is 1.82 bits per heavy atom. The monoisotopic (exact) mass is 371 g/mol. The molecule has 0 saturated heterocycles. The Labute approximate surface area is 167 Å². The smallest absolute Gasteiger partial charge is 0.198 e. The third-order valence-corrected chi connectivity index (χ3v) is 4.80. The summed E-state index contributed by atoms with van der Waals surface area (Å²) in [6, 6.07) is 17.1. The molecule has 3 rings (SSSR count). The summed E-state index contributed by atoms with van der Waals surface area (Å²) in [5.41, 5.74) is 4.34. The molecule has 2 aromatic carbocycles. The van der Waals surface area contributed by atoms with Crippen molar-refractivity contribution in [2.24, 2.45) is 0 Å². The van der Waals surface area contributed by atoms with E-state index in [1.54, 1.807) is 13.2 Å². The first-order chi connectivity index (χ1) is 13.7. The molecular weight excluding hydrogens is 346 g/mol. The number of carbonyl (C=O) groups is 1. The molecule has 0 spiro atoms. The second-order valence-corrected chi connectivity index (χ2v) is 6.50. The van der Waals surface area contributed by atoms with Gasteiger partial charge in [0.1, 0.15) is 5.75 Å². The second kappa shape index (κ2) is 9.05. The van der Waals surface area contributed by atoms with Crippen molar-refractivity contribution >= 4 is 11.4 Å². The van der Waals surface area contributed by atoms with Crippen molar-refractivity contribution in [2.75, 3.05) is 13.7 Å². The normalized spacial score (nSPS) is 14.6. The van der Waals surface area contributed by atoms with Crippen molar-refractivity contribution in [3.8, 4) is 5.75 Å². The van der Waals surface area contributed by atoms with E-state index in [1.165, 1.54) is 5.57 Å². The molecule has 3 nitrogen and oxygen atoms in total. The van der Waals surface area contributed by atoms with Crippen molar-refractivity contribution in [3.05, 3.63) is 108 Å². The summed E-state index contributed by atoms with van der Waals surface area (Å²) in [6.07, 6.45) is 8.83. The summed E-state index contributed by atoms with van der Waals surface area (Å²) in [6.45, 7) is 6.74. The molecule has 0 unspecified atom stereocenters. The number of carbonyl (C=O) groups excluding carboxylic acids is 1. The third kappa shape index (κ3) is 3.99. The third-order valence-electron chi connectivity index (χ3n) is 4.80. The van der Waals surface area contributed by atoms with Gasteiger partial charge in [-0.3, -0.25) is 4.79 Å². The Kier molecular flexibility index (Phi) is 6.28. The maximum absolute atomic E-state index is 13.5. The Bertz CT molecular complexity index is 952. The standard InChI is InChI=1S/C25H25NO2/c1-4-11-23-19(5-2)16-17-26(23)18-22(20-12-7-6-8-13-20)25(27)21-14-9-10-15-24(21)28-3/h4-15,18H,2,16-17H2,1,3H3/b11-4-,22-18+. The van der Waals surface area contributed by atoms with Crippen LogP contribution in [0, 0.1) is 0 Å². The van der Waals surface area contributed by atoms with Gasteiger partial charge in [-0.2, -0.15) is 0 Å². The van der Waals surface area contributed by atoms with Gasteiger partial charge < -0.3 is 9.64 Å². The maximum atomic E-state index is 13.5. The van der Waals surface area contributed by atoms with Crippen LogP contribution in [0.4, 0.5) is 0 Å². The predicted octanol–water partition coefficient (Wildman–Crippen LogP) is 5.64. The van der Waals surface area contributed by atoms with Crippen LogP contribution >= 0.6 is 0 Å². The summed E-state index contributed by atoms with van der Waals surface area (Å²) in [4.78, 5) is 15.6. The highest BCUT2D eigenvalue weighted by Crippen LogP contribution is 2.30. The van der Waals surface area contributed by atoms with Crippen LogP contribution in [0.3, 0.4) is 0 Å². The van der Waals surface area contributed by atoms with E-state index in [-0.39, 0.29) is 5.78 Å². The molecule has 142 valence electrons. The van der Waals surface area contributed by atoms with Gasteiger partial charge in [-0.25, -0.2) is 0 Å². The average Bonchev–Trinajstić information content (AvgIpc) is 3.13. The van der Waals surface area contributed by atoms with Crippen LogP contribution < -0.4 is 4.74 Å². The van der Waals surface area contributed by atoms with Gasteiger partial charge in [0.25, 0.3) is 0 Å². The van der Waals surface area contributed by atoms with Crippen LogP contribution in [-0.2, 0) is 0 Å². The van der Waals surface area contributed by atoms with Crippen LogP contribution in [0.1, 0.15) is 29.3 Å². The summed E-state index contributed by atoms with van der Waals surface area (Å²) in [5.74, 6) is 0.516. The lowest BCUT2D eigenvalue weighted by Gasteiger charge is -2.19. The Morgan fingerprint density at radius 1 is 1.11 bits per heavy atom. The van der Waals surface area contributed by atoms with Crippen molar-refractivity contribution in [1.82, 2.24) is 4.90 Å². The fourth-order valence-electron chi connectivity index (χ4n) is 3.39. The first-order valence-corrected chi connectivity index (χ1v) is 9.39. The highest BCUT2D eigenvalue weighted by Gasteiger charge is 2.22. The molecule has 0 radical (unpaired) electrons. The number of nitrogens with zero attached hydrogens (tertiary/aromatic N) is 1. The molecule has 2 aromatic rings. The molecule has 0 aromatic heterocycles. The minimum absolute atomic E-state index is 0.0597. The molecule has 0 saturated carbocycles. The van der Waals surface area contributed by atoms with Gasteiger partial charge in [0.15, 0.2) is 5.78 Å². The zero-order chi connectivity index (χ0) is 19.9. The van der Waals surface area contributed by atoms with Gasteiger partial charge in [0, 0.05) is 24.0 Å². The number of para-hydroxylation sites is 1. The lowest BCUT2D eigenvalue weighted by atomic mass is 9.96. The van der Waals surface area contributed by atoms with Crippen molar-refractivity contribution < 1.29 is 9.53 Å². The van der Waals surface area contributed by atoms with Crippen LogP contribution in [-0.4, -0.2) is 24.3 Å². The first kappa shape index (κ1) is 19.4. The van der Waals surface area contributed by atoms with Crippen LogP contribution in [0.15, 0.2) is 96.9 Å². The molecule has 3 heteroatoms. The van der Waals surface area contributed by atoms with Crippen molar-refractivity contribution in [2.45, 2.75) is 13.3 Å². The molecule has 1 aliphatic heterocycles. The highest BCUT2D eigenvalue weighted by atomic mass is 16.5. The molecule has 1 aliphatic rings. The number of Topliss-reactive ketones (excluding diaryl/α,β-unsaturated/α-hetero) is 1. The quantitative estimate of drug-likeness (QED) is 0.466. The number of ketones is 1. The number of methoxy groups -OCH3 is 1. The molecule has 0 N–H and O–H groups in total. The van der Waals surface area contributed by atoms with Crippen LogP contribution in [0.5, 0.6) is 5.75 Å². The van der Waals surface area contributed by atoms with Crippen molar-refractivity contribution in [3.63, 3.8) is 0 Å². The lowest BCUT2D eigenvalue weighted by molar-refractivity contribution is 0.105. The summed E-state index contributed by atoms with van der Waals surface area (Å²) < 4.78 is 5.42. The van der Waals surface area contributed by atoms with Gasteiger partial charge in [0.05, 0.1) is 12.7 Å². The van der Waals surface area contributed by atoms with E-state index >= 15 is 0 Å². The zero-order valence-electron chi connectivity index (χ0n) is 16.4. The SMILES string of the molecule is C=CC1=C(/C=C\C)N(/C=C(/C(=O)c2ccccc2OC)c2ccccc2)CC1. The van der Waals surface area contributed by atoms with E-state index in [1.807, 2.05) is 73.8 Å². The van der Waals surface area contributed by atoms with E-state index < -0.39 is 0 Å². The predicted molar refractivity (Wildman–Crippen MR) is 115 cm³/mol. The molecule has 28 heavy (non-hydrogen) atoms. The molecular formula is C25H25NO2. The summed E-state index contributed by atoms with van der Waals surface area (Å²) in [5, 5.41) is 0. The van der Waals surface area contributed by atoms with Crippen LogP contribution in [0.2, 0.25) is 0 Å². The van der Waals surface area contributed by atoms with Crippen molar-refractivity contribution in [1.29, 1.82) is 0 Å². The Hall–Kier alpha value is -3.33. The van der Waals surface area contributed by atoms with E-state index in [2.05, 4.69) is 17.6 Å². The number of allylic oxidation sites excluding steroid dienone is 4. The van der Waals surface area contributed by atoms with Gasteiger partial charge in [-0.15, -0.1) is 0 Å². The molecule has 0 aliphatic carbocycles. The zero-order valence-corrected chi connectivity index (χ0v) is 16.4. The van der Waals surface area contributed by atoms with E-state index in [4.69, 9.17) is 4.74 Å². The van der Waals surface area contributed by atoms with E-state index in [0.29, 0.717) is 16.9 Å². The first-order valence-electron chi connectivity index (χ1n) is 9.39. The summed E-state index contributed by atoms with van der Waals surface area (Å²) in [7, 11) is 1.59. The fourth-order valence-corrected chi connectivity index (χ4v) is 3.39. The van der Waals surface area contributed by atoms with Gasteiger partial charge in [-0.1, -0.05) is 61.2 Å². The Morgan fingerprint density at radius 3 is 2.50 bits per heavy atom. The number of hydrogen-bond acceptors (Lipinski definition) is 3. The Balaban J connectivity index is 2.11. The van der Waals surface area contributed by atoms with E-state index in [9.17, 15) is 4.79 Å². The van der Waals surface area contributed by atoms with Gasteiger partial charge in [-0.05, 0) is 42.7 Å². The molecule has 1 heterocycles. The second-order valence-electron chi connectivity index (χ2n) is 6.50. The topological polar surface area (TPSA) is 29.5 Å². The van der Waals surface area contributed by atoms with Crippen LogP contribution in [0.25, 0.3) is 5.57 Å². The van der Waals surface area contributed by atoms with Gasteiger partial charge in [0.2, 0.25) is 0 Å². The minimum Gasteiger partial charge on any atom is -0.496 e. The number of ether oxygens (including phenoxy) is 1. The lowest BCUT2D eigenvalue weighted by Crippen LogP contribution is -2.15. The molecule has 0 bridgehead atoms. The summed E-state index contributed by atoms with van der Waals surface area (Å²) >= 11 is 0. The maximum Gasteiger partial charge on any atom is 0.198 e. The minimum atomic E-state index is -0.0597. The molecule has 0 amide bonds. The fraction of sp³-hybridized carbons (Fsp3) is 0.160. The molecule has 0 atom stereocenters. The number of hydrogen-bond donors (Lipinski definition) is 0.